The van der Waals surface area contributed by atoms with Gasteiger partial charge in [-0.15, -0.1) is 0 Å². The monoisotopic (exact) mass is 260 g/mol. The summed E-state index contributed by atoms with van der Waals surface area (Å²) in [5.41, 5.74) is 0.00524. The van der Waals surface area contributed by atoms with Gasteiger partial charge in [0, 0.05) is 18.8 Å². The maximum Gasteiger partial charge on any atom is 0.347 e. The minimum Gasteiger partial charge on any atom is -0.496 e. The maximum absolute atomic E-state index is 11.6. The van der Waals surface area contributed by atoms with Crippen LogP contribution in [0.25, 0.3) is 11.3 Å². The molecular formula is C13H12N2O4. The SMILES string of the molecule is COc1ccccc1-c1nc(=O)n(C)cc1C(=O)O. The maximum atomic E-state index is 11.6. The third kappa shape index (κ3) is 2.33. The zero-order valence-corrected chi connectivity index (χ0v) is 10.5. The van der Waals surface area contributed by atoms with Crippen molar-refractivity contribution in [1.82, 2.24) is 9.55 Å². The molecule has 6 heteroatoms. The Bertz CT molecular complexity index is 691. The molecule has 19 heavy (non-hydrogen) atoms. The van der Waals surface area contributed by atoms with Gasteiger partial charge in [-0.2, -0.15) is 4.98 Å². The zero-order chi connectivity index (χ0) is 14.0. The van der Waals surface area contributed by atoms with Crippen molar-refractivity contribution in [2.24, 2.45) is 7.05 Å². The van der Waals surface area contributed by atoms with E-state index in [9.17, 15) is 14.7 Å². The van der Waals surface area contributed by atoms with Crippen molar-refractivity contribution in [2.75, 3.05) is 7.11 Å². The molecule has 0 aliphatic heterocycles. The molecule has 98 valence electrons. The molecule has 2 rings (SSSR count). The van der Waals surface area contributed by atoms with E-state index < -0.39 is 11.7 Å². The Morgan fingerprint density at radius 3 is 2.68 bits per heavy atom. The number of carboxylic acid groups (broad SMARTS) is 1. The number of aryl methyl sites for hydroxylation is 1. The normalized spacial score (nSPS) is 10.2. The molecule has 0 radical (unpaired) electrons. The minimum atomic E-state index is -1.15. The second-order valence-electron chi connectivity index (χ2n) is 3.90. The van der Waals surface area contributed by atoms with Gasteiger partial charge in [-0.05, 0) is 12.1 Å². The average Bonchev–Trinajstić information content (AvgIpc) is 2.41. The van der Waals surface area contributed by atoms with Gasteiger partial charge in [0.15, 0.2) is 0 Å². The van der Waals surface area contributed by atoms with Crippen LogP contribution in [-0.4, -0.2) is 27.7 Å². The first-order valence-electron chi connectivity index (χ1n) is 5.49. The minimum absolute atomic E-state index is 0.0494. The summed E-state index contributed by atoms with van der Waals surface area (Å²) < 4.78 is 6.29. The van der Waals surface area contributed by atoms with Crippen molar-refractivity contribution in [1.29, 1.82) is 0 Å². The Hall–Kier alpha value is -2.63. The number of methoxy groups -OCH3 is 1. The number of ether oxygens (including phenoxy) is 1. The van der Waals surface area contributed by atoms with E-state index in [0.717, 1.165) is 4.57 Å². The van der Waals surface area contributed by atoms with E-state index in [4.69, 9.17) is 4.74 Å². The van der Waals surface area contributed by atoms with E-state index in [0.29, 0.717) is 11.3 Å². The van der Waals surface area contributed by atoms with Gasteiger partial charge in [0.1, 0.15) is 11.3 Å². The molecule has 0 amide bonds. The molecule has 0 unspecified atom stereocenters. The number of para-hydroxylation sites is 1. The molecule has 6 nitrogen and oxygen atoms in total. The number of benzene rings is 1. The molecule has 1 aromatic carbocycles. The highest BCUT2D eigenvalue weighted by Gasteiger charge is 2.18. The van der Waals surface area contributed by atoms with Gasteiger partial charge < -0.3 is 14.4 Å². The van der Waals surface area contributed by atoms with Crippen molar-refractivity contribution < 1.29 is 14.6 Å². The summed E-state index contributed by atoms with van der Waals surface area (Å²) in [4.78, 5) is 26.7. The lowest BCUT2D eigenvalue weighted by atomic mass is 10.1. The number of carboxylic acids is 1. The second-order valence-corrected chi connectivity index (χ2v) is 3.90. The van der Waals surface area contributed by atoms with Gasteiger partial charge in [0.25, 0.3) is 0 Å². The zero-order valence-electron chi connectivity index (χ0n) is 10.5. The van der Waals surface area contributed by atoms with E-state index in [-0.39, 0.29) is 11.3 Å². The number of aromatic carboxylic acids is 1. The fourth-order valence-corrected chi connectivity index (χ4v) is 1.75. The number of hydrogen-bond acceptors (Lipinski definition) is 4. The molecule has 1 heterocycles. The van der Waals surface area contributed by atoms with Crippen LogP contribution in [0.2, 0.25) is 0 Å². The summed E-state index contributed by atoms with van der Waals surface area (Å²) in [5, 5.41) is 9.21. The highest BCUT2D eigenvalue weighted by atomic mass is 16.5. The highest BCUT2D eigenvalue weighted by molar-refractivity contribution is 5.95. The number of aromatic nitrogens is 2. The molecule has 0 fully saturated rings. The van der Waals surface area contributed by atoms with Crippen LogP contribution in [0, 0.1) is 0 Å². The number of nitrogens with zero attached hydrogens (tertiary/aromatic N) is 2. The number of carbonyl (C=O) groups is 1. The average molecular weight is 260 g/mol. The largest absolute Gasteiger partial charge is 0.496 e. The third-order valence-corrected chi connectivity index (χ3v) is 2.68. The van der Waals surface area contributed by atoms with Crippen molar-refractivity contribution in [3.63, 3.8) is 0 Å². The molecule has 0 atom stereocenters. The lowest BCUT2D eigenvalue weighted by Gasteiger charge is -2.10. The Balaban J connectivity index is 2.77. The molecule has 0 bridgehead atoms. The van der Waals surface area contributed by atoms with Gasteiger partial charge in [-0.25, -0.2) is 9.59 Å². The smallest absolute Gasteiger partial charge is 0.347 e. The van der Waals surface area contributed by atoms with E-state index >= 15 is 0 Å². The first-order chi connectivity index (χ1) is 9.04. The van der Waals surface area contributed by atoms with E-state index in [1.165, 1.54) is 20.4 Å². The van der Waals surface area contributed by atoms with Crippen LogP contribution in [0.1, 0.15) is 10.4 Å². The van der Waals surface area contributed by atoms with Crippen LogP contribution in [0.4, 0.5) is 0 Å². The second kappa shape index (κ2) is 4.93. The van der Waals surface area contributed by atoms with Crippen LogP contribution in [0.5, 0.6) is 5.75 Å². The summed E-state index contributed by atoms with van der Waals surface area (Å²) in [6, 6.07) is 6.82. The fourth-order valence-electron chi connectivity index (χ4n) is 1.75. The van der Waals surface area contributed by atoms with Gasteiger partial charge >= 0.3 is 11.7 Å². The Morgan fingerprint density at radius 1 is 1.37 bits per heavy atom. The first kappa shape index (κ1) is 12.8. The summed E-state index contributed by atoms with van der Waals surface area (Å²) in [7, 11) is 2.92. The molecule has 0 saturated carbocycles. The lowest BCUT2D eigenvalue weighted by molar-refractivity contribution is 0.0696. The Kier molecular flexibility index (Phi) is 3.33. The standard InChI is InChI=1S/C13H12N2O4/c1-15-7-9(12(16)17)11(14-13(15)18)8-5-3-4-6-10(8)19-2/h3-7H,1-2H3,(H,16,17). The van der Waals surface area contributed by atoms with E-state index in [2.05, 4.69) is 4.98 Å². The highest BCUT2D eigenvalue weighted by Crippen LogP contribution is 2.29. The van der Waals surface area contributed by atoms with E-state index in [1.807, 2.05) is 0 Å². The molecular weight excluding hydrogens is 248 g/mol. The van der Waals surface area contributed by atoms with Gasteiger partial charge in [-0.1, -0.05) is 12.1 Å². The molecule has 2 aromatic rings. The topological polar surface area (TPSA) is 81.4 Å². The fraction of sp³-hybridized carbons (Fsp3) is 0.154. The predicted octanol–water partition coefficient (Wildman–Crippen LogP) is 1.15. The molecule has 0 spiro atoms. The molecule has 1 aromatic heterocycles. The molecule has 0 aliphatic rings. The quantitative estimate of drug-likeness (QED) is 0.895. The summed E-state index contributed by atoms with van der Waals surface area (Å²) in [6.45, 7) is 0. The van der Waals surface area contributed by atoms with Crippen molar-refractivity contribution in [3.8, 4) is 17.0 Å². The van der Waals surface area contributed by atoms with Crippen LogP contribution in [0.15, 0.2) is 35.3 Å². The summed E-state index contributed by atoms with van der Waals surface area (Å²) in [5.74, 6) is -0.685. The summed E-state index contributed by atoms with van der Waals surface area (Å²) in [6.07, 6.45) is 1.25. The van der Waals surface area contributed by atoms with Gasteiger partial charge in [0.2, 0.25) is 0 Å². The predicted molar refractivity (Wildman–Crippen MR) is 68.4 cm³/mol. The van der Waals surface area contributed by atoms with E-state index in [1.54, 1.807) is 24.3 Å². The molecule has 0 saturated heterocycles. The lowest BCUT2D eigenvalue weighted by Crippen LogP contribution is -2.23. The summed E-state index contributed by atoms with van der Waals surface area (Å²) >= 11 is 0. The Morgan fingerprint density at radius 2 is 2.05 bits per heavy atom. The van der Waals surface area contributed by atoms with Crippen molar-refractivity contribution in [2.45, 2.75) is 0 Å². The van der Waals surface area contributed by atoms with Gasteiger partial charge in [-0.3, -0.25) is 0 Å². The van der Waals surface area contributed by atoms with Crippen LogP contribution in [-0.2, 0) is 7.05 Å². The molecule has 0 aliphatic carbocycles. The van der Waals surface area contributed by atoms with Crippen molar-refractivity contribution in [3.05, 3.63) is 46.5 Å². The van der Waals surface area contributed by atoms with Crippen LogP contribution < -0.4 is 10.4 Å². The van der Waals surface area contributed by atoms with Crippen LogP contribution in [0.3, 0.4) is 0 Å². The number of hydrogen-bond donors (Lipinski definition) is 1. The van der Waals surface area contributed by atoms with Gasteiger partial charge in [0.05, 0.1) is 12.8 Å². The van der Waals surface area contributed by atoms with Crippen molar-refractivity contribution >= 4 is 5.97 Å². The first-order valence-corrected chi connectivity index (χ1v) is 5.49. The Labute approximate surface area is 108 Å². The number of rotatable bonds is 3. The molecule has 1 N–H and O–H groups in total. The third-order valence-electron chi connectivity index (χ3n) is 2.68. The van der Waals surface area contributed by atoms with Crippen LogP contribution >= 0.6 is 0 Å².